The highest BCUT2D eigenvalue weighted by atomic mass is 16.5. The molecule has 1 N–H and O–H groups in total. The van der Waals surface area contributed by atoms with E-state index >= 15 is 0 Å². The molecule has 0 radical (unpaired) electrons. The first-order chi connectivity index (χ1) is 19.9. The van der Waals surface area contributed by atoms with Gasteiger partial charge in [-0.1, -0.05) is 12.1 Å². The standard InChI is InChI=1S/C32H45N5O4/c1-22(6-5-19-38)41-29(39)21-25-7-8-26(20-28(25)40-4)30-31-23(2)33-13-14-37(31)32(34-30)24-9-11-27(12-10-24)36-17-15-35(3)16-18-36/h7-8,13-14,20,22,24,27,38H,5-6,9-12,15-19,21H2,1-4H3. The molecule has 1 unspecified atom stereocenters. The van der Waals surface area contributed by atoms with Crippen molar-refractivity contribution in [1.29, 1.82) is 0 Å². The maximum Gasteiger partial charge on any atom is 0.310 e. The lowest BCUT2D eigenvalue weighted by atomic mass is 9.84. The van der Waals surface area contributed by atoms with Gasteiger partial charge in [-0.15, -0.1) is 0 Å². The highest BCUT2D eigenvalue weighted by Gasteiger charge is 2.31. The molecule has 1 aliphatic carbocycles. The lowest BCUT2D eigenvalue weighted by Crippen LogP contribution is -2.49. The number of aliphatic hydroxyl groups excluding tert-OH is 1. The lowest BCUT2D eigenvalue weighted by Gasteiger charge is -2.41. The summed E-state index contributed by atoms with van der Waals surface area (Å²) in [6, 6.07) is 6.60. The molecule has 1 saturated heterocycles. The number of aryl methyl sites for hydroxylation is 1. The Kier molecular flexibility index (Phi) is 9.57. The minimum absolute atomic E-state index is 0.0918. The van der Waals surface area contributed by atoms with Crippen LogP contribution >= 0.6 is 0 Å². The summed E-state index contributed by atoms with van der Waals surface area (Å²) < 4.78 is 13.5. The van der Waals surface area contributed by atoms with Gasteiger partial charge in [0, 0.05) is 68.3 Å². The Labute approximate surface area is 243 Å². The summed E-state index contributed by atoms with van der Waals surface area (Å²) in [5.74, 6) is 1.86. The van der Waals surface area contributed by atoms with Crippen LogP contribution in [0.5, 0.6) is 5.75 Å². The van der Waals surface area contributed by atoms with E-state index in [1.807, 2.05) is 44.4 Å². The summed E-state index contributed by atoms with van der Waals surface area (Å²) in [5, 5.41) is 9.03. The molecule has 0 amide bonds. The molecular weight excluding hydrogens is 518 g/mol. The number of hydrogen-bond donors (Lipinski definition) is 1. The number of likely N-dealkylation sites (N-methyl/N-ethyl adjacent to an activating group) is 1. The zero-order valence-electron chi connectivity index (χ0n) is 25.0. The van der Waals surface area contributed by atoms with Gasteiger partial charge in [0.2, 0.25) is 0 Å². The molecular formula is C32H45N5O4. The zero-order chi connectivity index (χ0) is 28.9. The smallest absolute Gasteiger partial charge is 0.310 e. The second-order valence-electron chi connectivity index (χ2n) is 11.8. The minimum Gasteiger partial charge on any atom is -0.496 e. The molecule has 3 heterocycles. The fourth-order valence-corrected chi connectivity index (χ4v) is 6.49. The highest BCUT2D eigenvalue weighted by molar-refractivity contribution is 5.81. The number of aliphatic hydroxyl groups is 1. The van der Waals surface area contributed by atoms with Crippen LogP contribution in [-0.2, 0) is 16.0 Å². The Balaban J connectivity index is 1.35. The Morgan fingerprint density at radius 1 is 1.15 bits per heavy atom. The van der Waals surface area contributed by atoms with Crippen LogP contribution in [0.3, 0.4) is 0 Å². The van der Waals surface area contributed by atoms with Crippen molar-refractivity contribution in [1.82, 2.24) is 24.2 Å². The van der Waals surface area contributed by atoms with Crippen molar-refractivity contribution >= 4 is 11.5 Å². The molecule has 1 saturated carbocycles. The lowest BCUT2D eigenvalue weighted by molar-refractivity contribution is -0.147. The molecule has 1 aliphatic heterocycles. The third-order valence-electron chi connectivity index (χ3n) is 8.88. The monoisotopic (exact) mass is 563 g/mol. The van der Waals surface area contributed by atoms with Gasteiger partial charge in [-0.2, -0.15) is 0 Å². The number of imidazole rings is 1. The van der Waals surface area contributed by atoms with Crippen molar-refractivity contribution in [3.63, 3.8) is 0 Å². The van der Waals surface area contributed by atoms with Crippen molar-refractivity contribution in [3.05, 3.63) is 47.7 Å². The third kappa shape index (κ3) is 6.74. The number of aromatic nitrogens is 3. The average molecular weight is 564 g/mol. The van der Waals surface area contributed by atoms with Crippen LogP contribution in [0.2, 0.25) is 0 Å². The first-order valence-corrected chi connectivity index (χ1v) is 15.1. The first-order valence-electron chi connectivity index (χ1n) is 15.1. The Morgan fingerprint density at radius 3 is 2.61 bits per heavy atom. The Morgan fingerprint density at radius 2 is 1.90 bits per heavy atom. The van der Waals surface area contributed by atoms with Crippen molar-refractivity contribution in [3.8, 4) is 17.0 Å². The molecule has 41 heavy (non-hydrogen) atoms. The molecule has 1 aromatic carbocycles. The van der Waals surface area contributed by atoms with Gasteiger partial charge in [0.15, 0.2) is 0 Å². The van der Waals surface area contributed by atoms with Crippen LogP contribution < -0.4 is 4.74 Å². The highest BCUT2D eigenvalue weighted by Crippen LogP contribution is 2.38. The van der Waals surface area contributed by atoms with Crippen LogP contribution in [0.15, 0.2) is 30.6 Å². The second-order valence-corrected chi connectivity index (χ2v) is 11.8. The predicted molar refractivity (Wildman–Crippen MR) is 159 cm³/mol. The predicted octanol–water partition coefficient (Wildman–Crippen LogP) is 4.23. The molecule has 0 bridgehead atoms. The van der Waals surface area contributed by atoms with Gasteiger partial charge in [-0.05, 0) is 65.5 Å². The number of methoxy groups -OCH3 is 1. The number of carbonyl (C=O) groups excluding carboxylic acids is 1. The fourth-order valence-electron chi connectivity index (χ4n) is 6.49. The number of esters is 1. The molecule has 9 nitrogen and oxygen atoms in total. The van der Waals surface area contributed by atoms with Crippen molar-refractivity contribution < 1.29 is 19.4 Å². The molecule has 3 aromatic rings. The number of rotatable bonds is 10. The van der Waals surface area contributed by atoms with Gasteiger partial charge in [-0.25, -0.2) is 4.98 Å². The van der Waals surface area contributed by atoms with Crippen LogP contribution in [-0.4, -0.2) is 94.3 Å². The molecule has 1 atom stereocenters. The first kappa shape index (κ1) is 29.5. The van der Waals surface area contributed by atoms with E-state index in [4.69, 9.17) is 19.6 Å². The van der Waals surface area contributed by atoms with Crippen LogP contribution in [0.1, 0.15) is 68.4 Å². The summed E-state index contributed by atoms with van der Waals surface area (Å²) in [6.45, 7) is 8.64. The number of carbonyl (C=O) groups is 1. The van der Waals surface area contributed by atoms with E-state index in [1.165, 1.54) is 25.9 Å². The summed E-state index contributed by atoms with van der Waals surface area (Å²) in [5.41, 5.74) is 4.58. The van der Waals surface area contributed by atoms with Gasteiger partial charge in [0.25, 0.3) is 0 Å². The normalized spacial score (nSPS) is 21.2. The Bertz CT molecular complexity index is 1330. The van der Waals surface area contributed by atoms with Crippen LogP contribution in [0, 0.1) is 6.92 Å². The van der Waals surface area contributed by atoms with E-state index in [0.717, 1.165) is 59.8 Å². The topological polar surface area (TPSA) is 92.4 Å². The van der Waals surface area contributed by atoms with Gasteiger partial charge >= 0.3 is 5.97 Å². The van der Waals surface area contributed by atoms with Gasteiger partial charge < -0.3 is 19.5 Å². The van der Waals surface area contributed by atoms with Crippen molar-refractivity contribution in [2.75, 3.05) is 46.9 Å². The largest absolute Gasteiger partial charge is 0.496 e. The van der Waals surface area contributed by atoms with Gasteiger partial charge in [0.05, 0.1) is 36.5 Å². The van der Waals surface area contributed by atoms with Crippen molar-refractivity contribution in [2.24, 2.45) is 0 Å². The molecule has 2 aromatic heterocycles. The summed E-state index contributed by atoms with van der Waals surface area (Å²) in [7, 11) is 3.84. The van der Waals surface area contributed by atoms with E-state index in [-0.39, 0.29) is 25.1 Å². The number of ether oxygens (including phenoxy) is 2. The van der Waals surface area contributed by atoms with E-state index in [1.54, 1.807) is 7.11 Å². The second kappa shape index (κ2) is 13.3. The molecule has 9 heteroatoms. The van der Waals surface area contributed by atoms with E-state index in [0.29, 0.717) is 30.6 Å². The number of benzene rings is 1. The van der Waals surface area contributed by atoms with E-state index in [9.17, 15) is 4.79 Å². The third-order valence-corrected chi connectivity index (χ3v) is 8.88. The molecule has 5 rings (SSSR count). The zero-order valence-corrected chi connectivity index (χ0v) is 25.0. The number of hydrogen-bond acceptors (Lipinski definition) is 8. The van der Waals surface area contributed by atoms with Crippen LogP contribution in [0.4, 0.5) is 0 Å². The molecule has 2 aliphatic rings. The van der Waals surface area contributed by atoms with E-state index in [2.05, 4.69) is 26.2 Å². The molecule has 2 fully saturated rings. The summed E-state index contributed by atoms with van der Waals surface area (Å²) >= 11 is 0. The number of nitrogens with zero attached hydrogens (tertiary/aromatic N) is 5. The summed E-state index contributed by atoms with van der Waals surface area (Å²) in [4.78, 5) is 27.6. The quantitative estimate of drug-likeness (QED) is 0.367. The van der Waals surface area contributed by atoms with Gasteiger partial charge in [0.1, 0.15) is 11.6 Å². The average Bonchev–Trinajstić information content (AvgIpc) is 3.38. The molecule has 0 spiro atoms. The summed E-state index contributed by atoms with van der Waals surface area (Å²) in [6.07, 6.45) is 9.74. The maximum atomic E-state index is 12.6. The minimum atomic E-state index is -0.302. The van der Waals surface area contributed by atoms with Crippen molar-refractivity contribution in [2.45, 2.75) is 76.9 Å². The maximum absolute atomic E-state index is 12.6. The van der Waals surface area contributed by atoms with Crippen LogP contribution in [0.25, 0.3) is 16.8 Å². The van der Waals surface area contributed by atoms with Gasteiger partial charge in [-0.3, -0.25) is 19.1 Å². The number of piperazine rings is 1. The fraction of sp³-hybridized carbons (Fsp3) is 0.594. The Hall–Kier alpha value is -3.01. The number of fused-ring (bicyclic) bond motifs is 1. The molecule has 222 valence electrons. The van der Waals surface area contributed by atoms with E-state index < -0.39 is 0 Å². The SMILES string of the molecule is COc1cc(-c2nc(C3CCC(N4CCN(C)CC4)CC3)n3ccnc(C)c23)ccc1CC(=O)OC(C)CCCO.